The van der Waals surface area contributed by atoms with E-state index in [0.717, 1.165) is 40.8 Å². The number of hydrogen-bond acceptors (Lipinski definition) is 4. The van der Waals surface area contributed by atoms with Crippen LogP contribution in [-0.4, -0.2) is 25.7 Å². The summed E-state index contributed by atoms with van der Waals surface area (Å²) in [6.45, 7) is 0.672. The number of methoxy groups -OCH3 is 2. The molecule has 1 aromatic heterocycles. The molecule has 0 aliphatic carbocycles. The summed E-state index contributed by atoms with van der Waals surface area (Å²) in [6.07, 6.45) is 3.63. The molecule has 96 valence electrons. The van der Waals surface area contributed by atoms with Crippen LogP contribution in [0.1, 0.15) is 12.1 Å². The van der Waals surface area contributed by atoms with Gasteiger partial charge in [0.15, 0.2) is 11.5 Å². The highest BCUT2D eigenvalue weighted by Crippen LogP contribution is 2.33. The van der Waals surface area contributed by atoms with Gasteiger partial charge in [-0.1, -0.05) is 0 Å². The summed E-state index contributed by atoms with van der Waals surface area (Å²) in [5, 5.41) is 2.21. The molecule has 2 rings (SSSR count). The number of hydrogen-bond donors (Lipinski definition) is 1. The third kappa shape index (κ3) is 2.38. The van der Waals surface area contributed by atoms with Gasteiger partial charge >= 0.3 is 0 Å². The SMILES string of the molecule is COc1cc2ccnc(CCCN)c2cc1OC. The van der Waals surface area contributed by atoms with Crippen LogP contribution in [0.4, 0.5) is 0 Å². The Hall–Kier alpha value is -1.81. The Morgan fingerprint density at radius 1 is 1.17 bits per heavy atom. The third-order valence-electron chi connectivity index (χ3n) is 2.97. The molecule has 0 bridgehead atoms. The lowest BCUT2D eigenvalue weighted by atomic mass is 10.1. The first-order valence-electron chi connectivity index (χ1n) is 6.00. The van der Waals surface area contributed by atoms with Crippen LogP contribution in [-0.2, 0) is 6.42 Å². The topological polar surface area (TPSA) is 57.4 Å². The summed E-state index contributed by atoms with van der Waals surface area (Å²) in [4.78, 5) is 4.42. The van der Waals surface area contributed by atoms with Crippen LogP contribution in [0.2, 0.25) is 0 Å². The molecule has 1 heterocycles. The molecule has 4 nitrogen and oxygen atoms in total. The van der Waals surface area contributed by atoms with Crippen molar-refractivity contribution in [1.82, 2.24) is 4.98 Å². The van der Waals surface area contributed by atoms with E-state index in [1.807, 2.05) is 24.4 Å². The molecule has 2 aromatic rings. The van der Waals surface area contributed by atoms with Crippen molar-refractivity contribution in [3.63, 3.8) is 0 Å². The molecule has 0 saturated heterocycles. The molecule has 0 radical (unpaired) electrons. The van der Waals surface area contributed by atoms with Crippen molar-refractivity contribution in [2.24, 2.45) is 5.73 Å². The Morgan fingerprint density at radius 2 is 1.89 bits per heavy atom. The lowest BCUT2D eigenvalue weighted by Gasteiger charge is -2.11. The van der Waals surface area contributed by atoms with Crippen molar-refractivity contribution in [3.8, 4) is 11.5 Å². The Kier molecular flexibility index (Phi) is 3.99. The highest BCUT2D eigenvalue weighted by molar-refractivity contribution is 5.87. The van der Waals surface area contributed by atoms with Gasteiger partial charge in [0.25, 0.3) is 0 Å². The lowest BCUT2D eigenvalue weighted by molar-refractivity contribution is 0.356. The number of ether oxygens (including phenoxy) is 2. The van der Waals surface area contributed by atoms with E-state index in [1.54, 1.807) is 14.2 Å². The number of nitrogens with two attached hydrogens (primary N) is 1. The van der Waals surface area contributed by atoms with Crippen LogP contribution in [0.5, 0.6) is 11.5 Å². The van der Waals surface area contributed by atoms with Gasteiger partial charge in [0.1, 0.15) is 0 Å². The number of nitrogens with zero attached hydrogens (tertiary/aromatic N) is 1. The summed E-state index contributed by atoms with van der Waals surface area (Å²) in [5.74, 6) is 1.47. The lowest BCUT2D eigenvalue weighted by Crippen LogP contribution is -2.02. The molecular weight excluding hydrogens is 228 g/mol. The van der Waals surface area contributed by atoms with E-state index in [2.05, 4.69) is 4.98 Å². The minimum Gasteiger partial charge on any atom is -0.493 e. The molecule has 2 N–H and O–H groups in total. The van der Waals surface area contributed by atoms with Crippen molar-refractivity contribution in [1.29, 1.82) is 0 Å². The zero-order chi connectivity index (χ0) is 13.0. The Balaban J connectivity index is 2.54. The number of pyridine rings is 1. The van der Waals surface area contributed by atoms with Gasteiger partial charge in [-0.15, -0.1) is 0 Å². The standard InChI is InChI=1S/C14H18N2O2/c1-17-13-8-10-5-7-16-12(4-3-6-15)11(10)9-14(13)18-2/h5,7-9H,3-4,6,15H2,1-2H3. The first-order chi connectivity index (χ1) is 8.80. The number of aromatic nitrogens is 1. The third-order valence-corrected chi connectivity index (χ3v) is 2.97. The van der Waals surface area contributed by atoms with Crippen molar-refractivity contribution < 1.29 is 9.47 Å². The minimum atomic E-state index is 0.672. The minimum absolute atomic E-state index is 0.672. The van der Waals surface area contributed by atoms with Crippen molar-refractivity contribution in [3.05, 3.63) is 30.1 Å². The number of rotatable bonds is 5. The van der Waals surface area contributed by atoms with E-state index in [0.29, 0.717) is 6.54 Å². The smallest absolute Gasteiger partial charge is 0.161 e. The summed E-state index contributed by atoms with van der Waals surface area (Å²) in [5.41, 5.74) is 6.60. The van der Waals surface area contributed by atoms with Crippen LogP contribution >= 0.6 is 0 Å². The van der Waals surface area contributed by atoms with Gasteiger partial charge in [-0.05, 0) is 43.0 Å². The van der Waals surface area contributed by atoms with Gasteiger partial charge in [0.05, 0.1) is 14.2 Å². The molecule has 0 aliphatic rings. The zero-order valence-electron chi connectivity index (χ0n) is 10.8. The molecule has 0 unspecified atom stereocenters. The fraction of sp³-hybridized carbons (Fsp3) is 0.357. The molecule has 1 aromatic carbocycles. The quantitative estimate of drug-likeness (QED) is 0.878. The molecule has 0 amide bonds. The number of fused-ring (bicyclic) bond motifs is 1. The second kappa shape index (κ2) is 5.69. The summed E-state index contributed by atoms with van der Waals surface area (Å²) < 4.78 is 10.6. The van der Waals surface area contributed by atoms with Crippen molar-refractivity contribution in [2.75, 3.05) is 20.8 Å². The number of aryl methyl sites for hydroxylation is 1. The van der Waals surface area contributed by atoms with Crippen molar-refractivity contribution >= 4 is 10.8 Å². The first kappa shape index (κ1) is 12.6. The zero-order valence-corrected chi connectivity index (χ0v) is 10.8. The molecule has 0 atom stereocenters. The maximum atomic E-state index is 5.55. The van der Waals surface area contributed by atoms with Crippen LogP contribution < -0.4 is 15.2 Å². The maximum absolute atomic E-state index is 5.55. The Morgan fingerprint density at radius 3 is 2.56 bits per heavy atom. The van der Waals surface area contributed by atoms with Crippen molar-refractivity contribution in [2.45, 2.75) is 12.8 Å². The van der Waals surface area contributed by atoms with Gasteiger partial charge in [-0.3, -0.25) is 4.98 Å². The molecular formula is C14H18N2O2. The van der Waals surface area contributed by atoms with E-state index >= 15 is 0 Å². The van der Waals surface area contributed by atoms with Gasteiger partial charge in [0.2, 0.25) is 0 Å². The Labute approximate surface area is 107 Å². The highest BCUT2D eigenvalue weighted by atomic mass is 16.5. The van der Waals surface area contributed by atoms with Crippen LogP contribution in [0, 0.1) is 0 Å². The van der Waals surface area contributed by atoms with Gasteiger partial charge in [0, 0.05) is 17.3 Å². The van der Waals surface area contributed by atoms with Gasteiger partial charge in [-0.25, -0.2) is 0 Å². The second-order valence-electron chi connectivity index (χ2n) is 4.08. The molecule has 0 spiro atoms. The largest absolute Gasteiger partial charge is 0.493 e. The predicted molar refractivity (Wildman–Crippen MR) is 72.2 cm³/mol. The predicted octanol–water partition coefficient (Wildman–Crippen LogP) is 2.14. The van der Waals surface area contributed by atoms with E-state index < -0.39 is 0 Å². The normalized spacial score (nSPS) is 10.6. The van der Waals surface area contributed by atoms with E-state index in [-0.39, 0.29) is 0 Å². The fourth-order valence-corrected chi connectivity index (χ4v) is 2.03. The maximum Gasteiger partial charge on any atom is 0.161 e. The average molecular weight is 246 g/mol. The molecule has 0 saturated carbocycles. The van der Waals surface area contributed by atoms with Crippen LogP contribution in [0.3, 0.4) is 0 Å². The molecule has 0 aliphatic heterocycles. The summed E-state index contributed by atoms with van der Waals surface area (Å²) in [6, 6.07) is 5.93. The van der Waals surface area contributed by atoms with Gasteiger partial charge in [-0.2, -0.15) is 0 Å². The molecule has 18 heavy (non-hydrogen) atoms. The van der Waals surface area contributed by atoms with E-state index in [9.17, 15) is 0 Å². The average Bonchev–Trinajstić information content (AvgIpc) is 2.43. The van der Waals surface area contributed by atoms with E-state index in [4.69, 9.17) is 15.2 Å². The number of benzene rings is 1. The summed E-state index contributed by atoms with van der Waals surface area (Å²) in [7, 11) is 3.28. The highest BCUT2D eigenvalue weighted by Gasteiger charge is 2.09. The van der Waals surface area contributed by atoms with Crippen LogP contribution in [0.15, 0.2) is 24.4 Å². The summed E-state index contributed by atoms with van der Waals surface area (Å²) >= 11 is 0. The van der Waals surface area contributed by atoms with Crippen LogP contribution in [0.25, 0.3) is 10.8 Å². The van der Waals surface area contributed by atoms with E-state index in [1.165, 1.54) is 0 Å². The van der Waals surface area contributed by atoms with Gasteiger partial charge < -0.3 is 15.2 Å². The monoisotopic (exact) mass is 246 g/mol. The molecule has 4 heteroatoms. The Bertz CT molecular complexity index is 541. The first-order valence-corrected chi connectivity index (χ1v) is 6.00. The second-order valence-corrected chi connectivity index (χ2v) is 4.08. The molecule has 0 fully saturated rings. The fourth-order valence-electron chi connectivity index (χ4n) is 2.03.